The maximum absolute atomic E-state index is 11.3. The molecule has 12 heteroatoms. The molecule has 0 atom stereocenters. The van der Waals surface area contributed by atoms with Gasteiger partial charge in [-0.15, -0.1) is 0 Å². The molecule has 22 heavy (non-hydrogen) atoms. The molecule has 1 saturated carbocycles. The number of carboxylic acid groups (broad SMARTS) is 4. The Kier molecular flexibility index (Phi) is 11.9. The third-order valence-corrected chi connectivity index (χ3v) is 3.34. The fourth-order valence-electron chi connectivity index (χ4n) is 2.41. The van der Waals surface area contributed by atoms with Crippen LogP contribution in [0.5, 0.6) is 0 Å². The summed E-state index contributed by atoms with van der Waals surface area (Å²) in [6.07, 6.45) is 0.131. The molecule has 114 valence electrons. The second kappa shape index (κ2) is 9.83. The first kappa shape index (κ1) is 26.7. The second-order valence-electron chi connectivity index (χ2n) is 4.64. The number of aliphatic carboxylic acids is 4. The normalized spacial score (nSPS) is 14.4. The van der Waals surface area contributed by atoms with Crippen LogP contribution >= 0.6 is 0 Å². The van der Waals surface area contributed by atoms with Crippen LogP contribution in [0, 0.1) is 0 Å². The summed E-state index contributed by atoms with van der Waals surface area (Å²) in [5, 5.41) is 35.7. The number of quaternary nitrogens is 1. The van der Waals surface area contributed by atoms with E-state index in [-0.39, 0.29) is 78.1 Å². The third kappa shape index (κ3) is 5.78. The minimum Gasteiger partial charge on any atom is -0.477 e. The molecule has 0 unspecified atom stereocenters. The average Bonchev–Trinajstić information content (AvgIpc) is 2.93. The van der Waals surface area contributed by atoms with Gasteiger partial charge in [0, 0.05) is 12.8 Å². The Morgan fingerprint density at radius 1 is 0.773 bits per heavy atom. The van der Waals surface area contributed by atoms with Crippen molar-refractivity contribution in [1.29, 1.82) is 0 Å². The maximum Gasteiger partial charge on any atom is 1.00 e. The summed E-state index contributed by atoms with van der Waals surface area (Å²) in [5.74, 6) is -5.67. The Hall–Kier alpha value is -0.200. The fraction of sp³-hybridized carbons (Fsp3) is 0.600. The van der Waals surface area contributed by atoms with Crippen molar-refractivity contribution in [2.75, 3.05) is 19.6 Å². The molecular weight excluding hydrogens is 322 g/mol. The van der Waals surface area contributed by atoms with Gasteiger partial charge in [-0.3, -0.25) is 4.48 Å². The van der Waals surface area contributed by atoms with Gasteiger partial charge in [0.1, 0.15) is 0 Å². The first-order chi connectivity index (χ1) is 8.65. The van der Waals surface area contributed by atoms with Gasteiger partial charge in [0.25, 0.3) is 0 Å². The van der Waals surface area contributed by atoms with Gasteiger partial charge < -0.3 is 26.6 Å². The van der Waals surface area contributed by atoms with Crippen LogP contribution in [0.1, 0.15) is 12.8 Å². The summed E-state index contributed by atoms with van der Waals surface area (Å²) in [4.78, 5) is 43.9. The van der Waals surface area contributed by atoms with Crippen LogP contribution < -0.4 is 65.3 Å². The number of carboxylic acids is 4. The van der Waals surface area contributed by atoms with E-state index in [2.05, 4.69) is 0 Å². The standard InChI is InChI=1S/C10H13NO8.H3N.2Na/c12-6(13)3-11(4-7(14)15,5-8(16)17)10(1-2-10)9(18)19;;;/h1-5H2,(H3-,12,13,14,15,16,17,18,19);1H3;;/q;;2*+1/p+1. The van der Waals surface area contributed by atoms with Crippen molar-refractivity contribution in [3.05, 3.63) is 0 Å². The first-order valence-corrected chi connectivity index (χ1v) is 5.40. The molecule has 7 N–H and O–H groups in total. The number of nitrogens with zero attached hydrogens (tertiary/aromatic N) is 1. The summed E-state index contributed by atoms with van der Waals surface area (Å²) in [5.41, 5.74) is -1.63. The molecule has 0 heterocycles. The molecule has 1 fully saturated rings. The van der Waals surface area contributed by atoms with Crippen molar-refractivity contribution in [2.24, 2.45) is 0 Å². The van der Waals surface area contributed by atoms with E-state index in [0.29, 0.717) is 0 Å². The Bertz CT molecular complexity index is 411. The zero-order chi connectivity index (χ0) is 14.8. The summed E-state index contributed by atoms with van der Waals surface area (Å²) >= 11 is 0. The van der Waals surface area contributed by atoms with Crippen LogP contribution in [0.4, 0.5) is 0 Å². The van der Waals surface area contributed by atoms with Crippen molar-refractivity contribution in [2.45, 2.75) is 18.4 Å². The Balaban J connectivity index is -0.00000120. The molecule has 0 saturated heterocycles. The molecular formula is C10H17N2Na2O8+3. The van der Waals surface area contributed by atoms with Crippen molar-refractivity contribution < 1.29 is 103 Å². The van der Waals surface area contributed by atoms with Gasteiger partial charge in [-0.05, 0) is 0 Å². The molecule has 1 rings (SSSR count). The SMILES string of the molecule is N.O=C(O)C[N+](CC(=O)O)(CC(=O)O)C1(C(=O)O)CC1.[Na+].[Na+]. The second-order valence-corrected chi connectivity index (χ2v) is 4.64. The fourth-order valence-corrected chi connectivity index (χ4v) is 2.41. The van der Waals surface area contributed by atoms with Crippen LogP contribution in [-0.2, 0) is 19.2 Å². The maximum atomic E-state index is 11.3. The number of rotatable bonds is 8. The molecule has 0 aromatic heterocycles. The van der Waals surface area contributed by atoms with Crippen molar-refractivity contribution in [3.8, 4) is 0 Å². The number of hydrogen-bond acceptors (Lipinski definition) is 5. The number of carbonyl (C=O) groups is 4. The van der Waals surface area contributed by atoms with E-state index in [0.717, 1.165) is 0 Å². The van der Waals surface area contributed by atoms with Crippen molar-refractivity contribution >= 4 is 23.9 Å². The molecule has 1 aliphatic rings. The molecule has 0 aromatic carbocycles. The molecule has 10 nitrogen and oxygen atoms in total. The molecule has 0 aliphatic heterocycles. The van der Waals surface area contributed by atoms with Crippen LogP contribution in [0.2, 0.25) is 0 Å². The van der Waals surface area contributed by atoms with Gasteiger partial charge in [-0.25, -0.2) is 19.2 Å². The van der Waals surface area contributed by atoms with E-state index in [1.54, 1.807) is 0 Å². The predicted octanol–water partition coefficient (Wildman–Crippen LogP) is -7.16. The minimum absolute atomic E-state index is 0. The smallest absolute Gasteiger partial charge is 0.477 e. The molecule has 0 aromatic rings. The van der Waals surface area contributed by atoms with Crippen LogP contribution in [-0.4, -0.2) is 74.0 Å². The molecule has 0 spiro atoms. The van der Waals surface area contributed by atoms with Gasteiger partial charge in [0.05, 0.1) is 0 Å². The summed E-state index contributed by atoms with van der Waals surface area (Å²) in [7, 11) is 0. The molecule has 1 aliphatic carbocycles. The van der Waals surface area contributed by atoms with Crippen LogP contribution in [0.3, 0.4) is 0 Å². The van der Waals surface area contributed by atoms with Crippen LogP contribution in [0.15, 0.2) is 0 Å². The van der Waals surface area contributed by atoms with E-state index < -0.39 is 53.5 Å². The van der Waals surface area contributed by atoms with E-state index in [9.17, 15) is 24.3 Å². The molecule has 0 amide bonds. The zero-order valence-corrected chi connectivity index (χ0v) is 16.6. The Labute approximate surface area is 170 Å². The molecule has 0 bridgehead atoms. The van der Waals surface area contributed by atoms with Gasteiger partial charge >= 0.3 is 83.0 Å². The van der Waals surface area contributed by atoms with Gasteiger partial charge in [-0.2, -0.15) is 0 Å². The van der Waals surface area contributed by atoms with Crippen molar-refractivity contribution in [3.63, 3.8) is 0 Å². The monoisotopic (exact) mass is 339 g/mol. The quantitative estimate of drug-likeness (QED) is 0.212. The third-order valence-electron chi connectivity index (χ3n) is 3.34. The number of hydrogen-bond donors (Lipinski definition) is 5. The van der Waals surface area contributed by atoms with Crippen molar-refractivity contribution in [1.82, 2.24) is 6.15 Å². The summed E-state index contributed by atoms with van der Waals surface area (Å²) < 4.78 is -1.01. The minimum atomic E-state index is -1.63. The van der Waals surface area contributed by atoms with Gasteiger partial charge in [0.2, 0.25) is 0 Å². The van der Waals surface area contributed by atoms with E-state index >= 15 is 0 Å². The Morgan fingerprint density at radius 3 is 1.18 bits per heavy atom. The topological polar surface area (TPSA) is 184 Å². The first-order valence-electron chi connectivity index (χ1n) is 5.40. The van der Waals surface area contributed by atoms with Crippen LogP contribution in [0.25, 0.3) is 0 Å². The Morgan fingerprint density at radius 2 is 1.05 bits per heavy atom. The summed E-state index contributed by atoms with van der Waals surface area (Å²) in [6.45, 7) is -2.57. The van der Waals surface area contributed by atoms with E-state index in [4.69, 9.17) is 15.3 Å². The van der Waals surface area contributed by atoms with Gasteiger partial charge in [-0.1, -0.05) is 0 Å². The summed E-state index contributed by atoms with van der Waals surface area (Å²) in [6, 6.07) is 0. The molecule has 0 radical (unpaired) electrons. The average molecular weight is 339 g/mol. The largest absolute Gasteiger partial charge is 1.00 e. The van der Waals surface area contributed by atoms with Gasteiger partial charge in [0.15, 0.2) is 25.2 Å². The van der Waals surface area contributed by atoms with E-state index in [1.807, 2.05) is 0 Å². The van der Waals surface area contributed by atoms with E-state index in [1.165, 1.54) is 0 Å². The predicted molar refractivity (Wildman–Crippen MR) is 62.4 cm³/mol. The zero-order valence-electron chi connectivity index (χ0n) is 12.6.